The topological polar surface area (TPSA) is 44.8 Å². The highest BCUT2D eigenvalue weighted by Crippen LogP contribution is 2.51. The Hall–Kier alpha value is -0.100. The maximum absolute atomic E-state index is 12.7. The number of unbranched alkanes of at least 4 members (excludes halogenated alkanes) is 2. The molecule has 0 N–H and O–H groups in total. The van der Waals surface area contributed by atoms with Crippen molar-refractivity contribution in [1.29, 1.82) is 0 Å². The van der Waals surface area contributed by atoms with Gasteiger partial charge >= 0.3 is 7.82 Å². The van der Waals surface area contributed by atoms with Crippen LogP contribution in [0.25, 0.3) is 0 Å². The van der Waals surface area contributed by atoms with E-state index in [-0.39, 0.29) is 13.2 Å². The highest BCUT2D eigenvalue weighted by molar-refractivity contribution is 7.48. The molecule has 0 aliphatic rings. The number of phosphoric acid groups is 1. The fourth-order valence-corrected chi connectivity index (χ4v) is 2.15. The molecule has 0 aromatic carbocycles. The number of hydrogen-bond donors (Lipinski definition) is 0. The molecule has 18 heavy (non-hydrogen) atoms. The van der Waals surface area contributed by atoms with E-state index in [0.29, 0.717) is 12.8 Å². The zero-order valence-corrected chi connectivity index (χ0v) is 11.5. The molecule has 0 radical (unpaired) electrons. The lowest BCUT2D eigenvalue weighted by molar-refractivity contribution is -0.0864. The summed E-state index contributed by atoms with van der Waals surface area (Å²) in [5.74, 6) is 0. The summed E-state index contributed by atoms with van der Waals surface area (Å²) in [6, 6.07) is 0. The Morgan fingerprint density at radius 1 is 1.00 bits per heavy atom. The average molecular weight is 292 g/mol. The number of phosphoric ester groups is 1. The van der Waals surface area contributed by atoms with Crippen LogP contribution in [0.1, 0.15) is 39.5 Å². The Labute approximate surface area is 105 Å². The minimum atomic E-state index is -4.24. The second-order valence-corrected chi connectivity index (χ2v) is 5.23. The zero-order valence-electron chi connectivity index (χ0n) is 10.6. The van der Waals surface area contributed by atoms with Crippen molar-refractivity contribution in [3.63, 3.8) is 0 Å². The van der Waals surface area contributed by atoms with Gasteiger partial charge in [-0.2, -0.15) is 0 Å². The molecule has 110 valence electrons. The molecule has 0 aliphatic carbocycles. The first-order valence-electron chi connectivity index (χ1n) is 5.95. The third-order valence-electron chi connectivity index (χ3n) is 1.92. The molecule has 0 bridgehead atoms. The van der Waals surface area contributed by atoms with Crippen molar-refractivity contribution in [3.8, 4) is 0 Å². The molecule has 0 aromatic rings. The van der Waals surface area contributed by atoms with Gasteiger partial charge in [0.2, 0.25) is 0 Å². The highest BCUT2D eigenvalue weighted by atomic mass is 31.2. The Balaban J connectivity index is 4.33. The Kier molecular flexibility index (Phi) is 9.73. The standard InChI is InChI=1S/C10H20F3O4P/c1-3-5-7-15-18(14,16-8-6-4-2)17-10(13)9(11)12/h9-10H,3-8H2,1-2H3. The summed E-state index contributed by atoms with van der Waals surface area (Å²) in [5.41, 5.74) is 0. The third kappa shape index (κ3) is 8.08. The lowest BCUT2D eigenvalue weighted by atomic mass is 10.4. The number of halogens is 3. The van der Waals surface area contributed by atoms with Crippen LogP contribution in [-0.4, -0.2) is 26.0 Å². The maximum atomic E-state index is 12.7. The zero-order chi connectivity index (χ0) is 14.0. The lowest BCUT2D eigenvalue weighted by Gasteiger charge is -2.19. The Bertz CT molecular complexity index is 239. The molecule has 0 aliphatic heterocycles. The minimum absolute atomic E-state index is 0.00978. The summed E-state index contributed by atoms with van der Waals surface area (Å²) >= 11 is 0. The summed E-state index contributed by atoms with van der Waals surface area (Å²) in [6.07, 6.45) is -3.75. The average Bonchev–Trinajstić information content (AvgIpc) is 2.29. The molecule has 4 nitrogen and oxygen atoms in total. The van der Waals surface area contributed by atoms with Gasteiger partial charge in [0.25, 0.3) is 12.8 Å². The van der Waals surface area contributed by atoms with Crippen molar-refractivity contribution in [2.75, 3.05) is 13.2 Å². The van der Waals surface area contributed by atoms with Gasteiger partial charge in [0.05, 0.1) is 13.2 Å². The van der Waals surface area contributed by atoms with Gasteiger partial charge in [-0.1, -0.05) is 26.7 Å². The van der Waals surface area contributed by atoms with Crippen molar-refractivity contribution in [3.05, 3.63) is 0 Å². The van der Waals surface area contributed by atoms with Crippen molar-refractivity contribution in [2.45, 2.75) is 52.3 Å². The van der Waals surface area contributed by atoms with Gasteiger partial charge in [0.15, 0.2) is 0 Å². The third-order valence-corrected chi connectivity index (χ3v) is 3.38. The van der Waals surface area contributed by atoms with Crippen molar-refractivity contribution in [1.82, 2.24) is 0 Å². The van der Waals surface area contributed by atoms with Gasteiger partial charge in [-0.25, -0.2) is 22.3 Å². The van der Waals surface area contributed by atoms with Crippen LogP contribution in [0.15, 0.2) is 0 Å². The molecule has 0 saturated heterocycles. The fraction of sp³-hybridized carbons (Fsp3) is 1.00. The van der Waals surface area contributed by atoms with Gasteiger partial charge in [-0.3, -0.25) is 9.05 Å². The van der Waals surface area contributed by atoms with Gasteiger partial charge in [-0.15, -0.1) is 0 Å². The lowest BCUT2D eigenvalue weighted by Crippen LogP contribution is -2.17. The van der Waals surface area contributed by atoms with E-state index in [2.05, 4.69) is 4.52 Å². The first-order valence-corrected chi connectivity index (χ1v) is 7.41. The SMILES string of the molecule is CCCCOP(=O)(OCCCC)OC(F)C(F)F. The number of hydrogen-bond acceptors (Lipinski definition) is 4. The summed E-state index contributed by atoms with van der Waals surface area (Å²) < 4.78 is 62.2. The maximum Gasteiger partial charge on any atom is 0.477 e. The molecule has 0 fully saturated rings. The van der Waals surface area contributed by atoms with Crippen LogP contribution in [0.3, 0.4) is 0 Å². The molecular formula is C10H20F3O4P. The Morgan fingerprint density at radius 3 is 1.78 bits per heavy atom. The van der Waals surface area contributed by atoms with Crippen LogP contribution in [0.5, 0.6) is 0 Å². The van der Waals surface area contributed by atoms with Crippen LogP contribution >= 0.6 is 7.82 Å². The molecule has 1 atom stereocenters. The minimum Gasteiger partial charge on any atom is -0.287 e. The predicted molar refractivity (Wildman–Crippen MR) is 61.3 cm³/mol. The largest absolute Gasteiger partial charge is 0.477 e. The van der Waals surface area contributed by atoms with E-state index >= 15 is 0 Å². The highest BCUT2D eigenvalue weighted by Gasteiger charge is 2.35. The smallest absolute Gasteiger partial charge is 0.287 e. The van der Waals surface area contributed by atoms with Gasteiger partial charge in [0.1, 0.15) is 0 Å². The van der Waals surface area contributed by atoms with E-state index in [0.717, 1.165) is 12.8 Å². The fourth-order valence-electron chi connectivity index (χ4n) is 0.909. The molecule has 0 aromatic heterocycles. The monoisotopic (exact) mass is 292 g/mol. The van der Waals surface area contributed by atoms with E-state index in [1.807, 2.05) is 13.8 Å². The second-order valence-electron chi connectivity index (χ2n) is 3.61. The summed E-state index contributed by atoms with van der Waals surface area (Å²) in [7, 11) is -4.24. The molecule has 0 saturated carbocycles. The predicted octanol–water partition coefficient (Wildman–Crippen LogP) is 4.31. The van der Waals surface area contributed by atoms with Crippen molar-refractivity contribution < 1.29 is 31.3 Å². The van der Waals surface area contributed by atoms with Crippen LogP contribution in [0.2, 0.25) is 0 Å². The van der Waals surface area contributed by atoms with Crippen LogP contribution in [0, 0.1) is 0 Å². The second kappa shape index (κ2) is 9.78. The number of alkyl halides is 3. The van der Waals surface area contributed by atoms with Crippen molar-refractivity contribution >= 4 is 7.82 Å². The van der Waals surface area contributed by atoms with Gasteiger partial charge < -0.3 is 0 Å². The molecule has 1 unspecified atom stereocenters. The summed E-state index contributed by atoms with van der Waals surface area (Å²) in [6.45, 7) is 3.75. The summed E-state index contributed by atoms with van der Waals surface area (Å²) in [5, 5.41) is 0. The van der Waals surface area contributed by atoms with E-state index in [1.165, 1.54) is 0 Å². The van der Waals surface area contributed by atoms with Crippen molar-refractivity contribution in [2.24, 2.45) is 0 Å². The van der Waals surface area contributed by atoms with Crippen LogP contribution in [0.4, 0.5) is 13.2 Å². The Morgan fingerprint density at radius 2 is 1.44 bits per heavy atom. The van der Waals surface area contributed by atoms with Gasteiger partial charge in [-0.05, 0) is 12.8 Å². The molecular weight excluding hydrogens is 272 g/mol. The quantitative estimate of drug-likeness (QED) is 0.420. The molecule has 8 heteroatoms. The summed E-state index contributed by atoms with van der Waals surface area (Å²) in [4.78, 5) is 0. The first kappa shape index (κ1) is 17.9. The molecule has 0 spiro atoms. The first-order chi connectivity index (χ1) is 8.45. The van der Waals surface area contributed by atoms with E-state index < -0.39 is 20.6 Å². The van der Waals surface area contributed by atoms with E-state index in [9.17, 15) is 17.7 Å². The van der Waals surface area contributed by atoms with Crippen LogP contribution < -0.4 is 0 Å². The molecule has 0 rings (SSSR count). The van der Waals surface area contributed by atoms with E-state index in [4.69, 9.17) is 9.05 Å². The molecule has 0 amide bonds. The van der Waals surface area contributed by atoms with Crippen LogP contribution in [-0.2, 0) is 18.1 Å². The normalized spacial score (nSPS) is 14.1. The van der Waals surface area contributed by atoms with Gasteiger partial charge in [0, 0.05) is 0 Å². The molecule has 0 heterocycles. The van der Waals surface area contributed by atoms with E-state index in [1.54, 1.807) is 0 Å². The number of rotatable bonds is 11.